The predicted molar refractivity (Wildman–Crippen MR) is 196 cm³/mol. The Hall–Kier alpha value is -3.12. The molecular formula is C41H68. The van der Waals surface area contributed by atoms with Gasteiger partial charge < -0.3 is 0 Å². The van der Waals surface area contributed by atoms with Crippen molar-refractivity contribution in [3.63, 3.8) is 0 Å². The molecule has 0 aliphatic heterocycles. The second-order valence-electron chi connectivity index (χ2n) is 7.12. The van der Waals surface area contributed by atoms with Crippen molar-refractivity contribution in [1.82, 2.24) is 0 Å². The van der Waals surface area contributed by atoms with Crippen molar-refractivity contribution < 1.29 is 0 Å². The topological polar surface area (TPSA) is 0 Å². The average molecular weight is 561 g/mol. The third kappa shape index (κ3) is 33.0. The second-order valence-corrected chi connectivity index (χ2v) is 7.12. The highest BCUT2D eigenvalue weighted by atomic mass is 14.0. The molecule has 0 aromatic heterocycles. The zero-order valence-electron chi connectivity index (χ0n) is 29.7. The third-order valence-corrected chi connectivity index (χ3v) is 4.39. The largest absolute Gasteiger partial charge is 0.0683 e. The zero-order valence-corrected chi connectivity index (χ0v) is 29.7. The van der Waals surface area contributed by atoms with E-state index in [2.05, 4.69) is 76.2 Å². The van der Waals surface area contributed by atoms with Gasteiger partial charge >= 0.3 is 0 Å². The highest BCUT2D eigenvalue weighted by molar-refractivity contribution is 5.63. The summed E-state index contributed by atoms with van der Waals surface area (Å²) in [6.07, 6.45) is 3.46. The molecule has 0 aliphatic rings. The van der Waals surface area contributed by atoms with E-state index in [0.29, 0.717) is 0 Å². The van der Waals surface area contributed by atoms with Crippen LogP contribution in [0.3, 0.4) is 0 Å². The lowest BCUT2D eigenvalue weighted by Crippen LogP contribution is -1.83. The molecule has 0 saturated heterocycles. The molecule has 4 rings (SSSR count). The molecule has 0 aliphatic carbocycles. The van der Waals surface area contributed by atoms with Gasteiger partial charge in [-0.2, -0.15) is 0 Å². The van der Waals surface area contributed by atoms with Crippen molar-refractivity contribution in [1.29, 1.82) is 0 Å². The standard InChI is InChI=1S/C16H18.2C6H6.C3H8.5C2H6/c1-3-13-5-9-15(10-6-13)16-11-7-14(4-2)8-12-16;2*1-2-4-6-5-3-1;1-3-2;5*1-2/h5-12H,3-4H2,1-2H3;2*1-6H;3H2,1-2H3;5*1-2H3. The Balaban J connectivity index is -0.000000144. The molecule has 232 valence electrons. The van der Waals surface area contributed by atoms with Crippen LogP contribution in [0.4, 0.5) is 0 Å². The van der Waals surface area contributed by atoms with Gasteiger partial charge in [0.25, 0.3) is 0 Å². The smallest absolute Gasteiger partial charge is 0.0184 e. The molecular weight excluding hydrogens is 492 g/mol. The molecule has 0 bridgehead atoms. The van der Waals surface area contributed by atoms with E-state index in [0.717, 1.165) is 12.8 Å². The van der Waals surface area contributed by atoms with E-state index in [-0.39, 0.29) is 0 Å². The summed E-state index contributed by atoms with van der Waals surface area (Å²) in [5.41, 5.74) is 5.41. The van der Waals surface area contributed by atoms with E-state index in [4.69, 9.17) is 0 Å². The first-order valence-corrected chi connectivity index (χ1v) is 16.4. The summed E-state index contributed by atoms with van der Waals surface area (Å²) < 4.78 is 0. The van der Waals surface area contributed by atoms with Crippen molar-refractivity contribution in [3.8, 4) is 11.1 Å². The van der Waals surface area contributed by atoms with Crippen molar-refractivity contribution in [2.75, 3.05) is 0 Å². The normalized spacial score (nSPS) is 7.56. The maximum Gasteiger partial charge on any atom is -0.0184 e. The molecule has 0 saturated carbocycles. The molecule has 0 unspecified atom stereocenters. The van der Waals surface area contributed by atoms with Gasteiger partial charge in [-0.3, -0.25) is 0 Å². The van der Waals surface area contributed by atoms with Crippen LogP contribution in [-0.4, -0.2) is 0 Å². The Morgan fingerprint density at radius 2 is 0.439 bits per heavy atom. The minimum atomic E-state index is 1.11. The van der Waals surface area contributed by atoms with E-state index >= 15 is 0 Å². The van der Waals surface area contributed by atoms with E-state index in [1.54, 1.807) is 0 Å². The molecule has 0 N–H and O–H groups in total. The second kappa shape index (κ2) is 46.7. The van der Waals surface area contributed by atoms with E-state index in [1.807, 2.05) is 142 Å². The Kier molecular flexibility index (Phi) is 54.3. The molecule has 0 fully saturated rings. The number of aryl methyl sites for hydroxylation is 2. The quantitative estimate of drug-likeness (QED) is 0.234. The van der Waals surface area contributed by atoms with Gasteiger partial charge in [0.05, 0.1) is 0 Å². The number of rotatable bonds is 3. The summed E-state index contributed by atoms with van der Waals surface area (Å²) in [5, 5.41) is 0. The van der Waals surface area contributed by atoms with Crippen LogP contribution in [0.15, 0.2) is 121 Å². The van der Waals surface area contributed by atoms with E-state index < -0.39 is 0 Å². The lowest BCUT2D eigenvalue weighted by molar-refractivity contribution is 1.09. The number of hydrogen-bond donors (Lipinski definition) is 0. The molecule has 0 radical (unpaired) electrons. The first-order valence-electron chi connectivity index (χ1n) is 16.4. The fourth-order valence-electron chi connectivity index (χ4n) is 2.64. The van der Waals surface area contributed by atoms with Crippen LogP contribution in [-0.2, 0) is 12.8 Å². The number of benzene rings is 4. The van der Waals surface area contributed by atoms with Crippen molar-refractivity contribution in [2.24, 2.45) is 0 Å². The van der Waals surface area contributed by atoms with Crippen LogP contribution in [0.1, 0.15) is 114 Å². The molecule has 41 heavy (non-hydrogen) atoms. The van der Waals surface area contributed by atoms with Crippen molar-refractivity contribution in [3.05, 3.63) is 132 Å². The number of hydrogen-bond acceptors (Lipinski definition) is 0. The summed E-state index contributed by atoms with van der Waals surface area (Å²) in [6, 6.07) is 41.7. The summed E-state index contributed by atoms with van der Waals surface area (Å²) >= 11 is 0. The SMILES string of the molecule is CC.CC.CC.CC.CC.CCC.CCc1ccc(-c2ccc(CC)cc2)cc1.c1ccccc1.c1ccccc1. The molecule has 0 nitrogen and oxygen atoms in total. The summed E-state index contributed by atoms with van der Waals surface area (Å²) in [7, 11) is 0. The Labute approximate surface area is 259 Å². The van der Waals surface area contributed by atoms with Crippen LogP contribution < -0.4 is 0 Å². The summed E-state index contributed by atoms with van der Waals surface area (Å²) in [5.74, 6) is 0. The van der Waals surface area contributed by atoms with Gasteiger partial charge in [-0.1, -0.05) is 225 Å². The van der Waals surface area contributed by atoms with Crippen LogP contribution in [0.25, 0.3) is 11.1 Å². The zero-order chi connectivity index (χ0) is 32.6. The molecule has 0 amide bonds. The molecule has 0 heterocycles. The molecule has 4 aromatic rings. The minimum absolute atomic E-state index is 1.11. The summed E-state index contributed by atoms with van der Waals surface area (Å²) in [6.45, 7) is 28.6. The Bertz CT molecular complexity index is 730. The van der Waals surface area contributed by atoms with Crippen LogP contribution in [0.2, 0.25) is 0 Å². The van der Waals surface area contributed by atoms with Crippen molar-refractivity contribution in [2.45, 2.75) is 116 Å². The Morgan fingerprint density at radius 3 is 0.561 bits per heavy atom. The van der Waals surface area contributed by atoms with Gasteiger partial charge in [-0.15, -0.1) is 0 Å². The molecule has 0 atom stereocenters. The van der Waals surface area contributed by atoms with E-state index in [1.165, 1.54) is 28.7 Å². The van der Waals surface area contributed by atoms with Crippen molar-refractivity contribution >= 4 is 0 Å². The van der Waals surface area contributed by atoms with Gasteiger partial charge in [-0.05, 0) is 35.1 Å². The highest BCUT2D eigenvalue weighted by Crippen LogP contribution is 2.20. The monoisotopic (exact) mass is 561 g/mol. The first-order chi connectivity index (χ1) is 20.2. The van der Waals surface area contributed by atoms with Gasteiger partial charge in [0, 0.05) is 0 Å². The van der Waals surface area contributed by atoms with Crippen LogP contribution in [0.5, 0.6) is 0 Å². The maximum atomic E-state index is 2.21. The van der Waals surface area contributed by atoms with Gasteiger partial charge in [0.1, 0.15) is 0 Å². The Morgan fingerprint density at radius 1 is 0.293 bits per heavy atom. The lowest BCUT2D eigenvalue weighted by Gasteiger charge is -2.04. The molecule has 4 aromatic carbocycles. The van der Waals surface area contributed by atoms with Crippen LogP contribution in [0, 0.1) is 0 Å². The summed E-state index contributed by atoms with van der Waals surface area (Å²) in [4.78, 5) is 0. The van der Waals surface area contributed by atoms with Gasteiger partial charge in [0.15, 0.2) is 0 Å². The van der Waals surface area contributed by atoms with Gasteiger partial charge in [-0.25, -0.2) is 0 Å². The van der Waals surface area contributed by atoms with Gasteiger partial charge in [0.2, 0.25) is 0 Å². The van der Waals surface area contributed by atoms with E-state index in [9.17, 15) is 0 Å². The minimum Gasteiger partial charge on any atom is -0.0683 e. The molecule has 0 spiro atoms. The molecule has 0 heteroatoms. The highest BCUT2D eigenvalue weighted by Gasteiger charge is 1.97. The van der Waals surface area contributed by atoms with Crippen LogP contribution >= 0.6 is 0 Å². The first kappa shape index (κ1) is 47.7. The third-order valence-electron chi connectivity index (χ3n) is 4.39. The maximum absolute atomic E-state index is 2.21. The average Bonchev–Trinajstić information content (AvgIpc) is 3.12. The fourth-order valence-corrected chi connectivity index (χ4v) is 2.64. The fraction of sp³-hybridized carbons (Fsp3) is 0.415. The predicted octanol–water partition coefficient (Wildman–Crippen LogP) is 14.4. The lowest BCUT2D eigenvalue weighted by atomic mass is 10.0.